The van der Waals surface area contributed by atoms with Crippen molar-refractivity contribution in [3.05, 3.63) is 26.9 Å². The number of aromatic amines is 1. The molecule has 0 radical (unpaired) electrons. The summed E-state index contributed by atoms with van der Waals surface area (Å²) >= 11 is 0. The summed E-state index contributed by atoms with van der Waals surface area (Å²) in [7, 11) is -4.84. The van der Waals surface area contributed by atoms with Gasteiger partial charge in [0, 0.05) is 6.07 Å². The summed E-state index contributed by atoms with van der Waals surface area (Å²) in [5.74, 6) is -0.398. The number of nitrogens with zero attached hydrogens (tertiary/aromatic N) is 1. The average molecular weight is 341 g/mol. The minimum absolute atomic E-state index is 0.398. The first-order valence-corrected chi connectivity index (χ1v) is 7.42. The highest BCUT2D eigenvalue weighted by Crippen LogP contribution is 2.39. The molecule has 1 aromatic heterocycles. The third-order valence-corrected chi connectivity index (χ3v) is 3.45. The van der Waals surface area contributed by atoms with Crippen molar-refractivity contribution in [3.63, 3.8) is 0 Å². The molecule has 1 fully saturated rings. The van der Waals surface area contributed by atoms with Crippen molar-refractivity contribution < 1.29 is 33.1 Å². The number of hydrogen-bond acceptors (Lipinski definition) is 7. The van der Waals surface area contributed by atoms with E-state index in [-0.39, 0.29) is 0 Å². The van der Waals surface area contributed by atoms with Gasteiger partial charge >= 0.3 is 13.5 Å². The van der Waals surface area contributed by atoms with Gasteiger partial charge in [0.15, 0.2) is 12.4 Å². The van der Waals surface area contributed by atoms with Crippen LogP contribution in [-0.2, 0) is 13.8 Å². The van der Waals surface area contributed by atoms with Crippen LogP contribution in [0.2, 0.25) is 0 Å². The number of hydrogen-bond donors (Lipinski definition) is 5. The smallest absolute Gasteiger partial charge is 0.387 e. The van der Waals surface area contributed by atoms with Gasteiger partial charge in [0.05, 0.1) is 6.61 Å². The first-order valence-electron chi connectivity index (χ1n) is 5.89. The Labute approximate surface area is 121 Å². The fourth-order valence-electron chi connectivity index (χ4n) is 2.01. The van der Waals surface area contributed by atoms with Gasteiger partial charge in [-0.05, 0) is 0 Å². The Balaban J connectivity index is 2.26. The molecule has 1 aromatic rings. The molecule has 1 aliphatic rings. The number of anilines is 1. The molecule has 4 atom stereocenters. The van der Waals surface area contributed by atoms with E-state index in [1.807, 2.05) is 4.98 Å². The van der Waals surface area contributed by atoms with E-state index in [9.17, 15) is 23.7 Å². The predicted molar refractivity (Wildman–Crippen MR) is 68.5 cm³/mol. The van der Waals surface area contributed by atoms with Crippen molar-refractivity contribution in [2.75, 3.05) is 12.3 Å². The standard InChI is InChI=1S/C9H13FN3O8P/c10-6-7(15)3(2-20-22(17,18)19)21-8(6)13-4(11)1-5(14)12-9(13)16/h1,3,6-8,15H,2,11H2,(H,12,14,16)(H2,17,18,19)/t3-,6-,7-,8-/m1/s1. The van der Waals surface area contributed by atoms with Gasteiger partial charge in [-0.25, -0.2) is 18.3 Å². The zero-order valence-corrected chi connectivity index (χ0v) is 11.7. The second-order valence-corrected chi connectivity index (χ2v) is 5.76. The first-order chi connectivity index (χ1) is 10.1. The van der Waals surface area contributed by atoms with E-state index in [1.165, 1.54) is 0 Å². The monoisotopic (exact) mass is 341 g/mol. The van der Waals surface area contributed by atoms with Crippen LogP contribution in [0.25, 0.3) is 0 Å². The van der Waals surface area contributed by atoms with Crippen LogP contribution < -0.4 is 17.0 Å². The fourth-order valence-corrected chi connectivity index (χ4v) is 2.35. The minimum Gasteiger partial charge on any atom is -0.387 e. The van der Waals surface area contributed by atoms with Crippen LogP contribution in [0.5, 0.6) is 0 Å². The summed E-state index contributed by atoms with van der Waals surface area (Å²) in [4.78, 5) is 41.7. The second kappa shape index (κ2) is 5.91. The molecular weight excluding hydrogens is 328 g/mol. The van der Waals surface area contributed by atoms with Gasteiger partial charge in [-0.3, -0.25) is 14.3 Å². The normalized spacial score (nSPS) is 28.9. The number of halogens is 1. The topological polar surface area (TPSA) is 177 Å². The molecule has 0 bridgehead atoms. The third kappa shape index (κ3) is 3.43. The number of nitrogens with two attached hydrogens (primary N) is 1. The minimum atomic E-state index is -4.84. The van der Waals surface area contributed by atoms with E-state index >= 15 is 0 Å². The lowest BCUT2D eigenvalue weighted by molar-refractivity contribution is -0.0474. The summed E-state index contributed by atoms with van der Waals surface area (Å²) in [5.41, 5.74) is 3.61. The molecule has 11 nitrogen and oxygen atoms in total. The molecule has 1 aliphatic heterocycles. The Morgan fingerprint density at radius 2 is 2.14 bits per heavy atom. The molecule has 1 saturated heterocycles. The summed E-state index contributed by atoms with van der Waals surface area (Å²) < 4.78 is 34.4. The van der Waals surface area contributed by atoms with Gasteiger partial charge in [0.25, 0.3) is 5.56 Å². The van der Waals surface area contributed by atoms with Crippen LogP contribution in [0.4, 0.5) is 10.2 Å². The zero-order valence-electron chi connectivity index (χ0n) is 10.8. The number of alkyl halides is 1. The Kier molecular flexibility index (Phi) is 4.52. The summed E-state index contributed by atoms with van der Waals surface area (Å²) in [6.45, 7) is -0.805. The number of aromatic nitrogens is 2. The number of nitrogens with one attached hydrogen (secondary N) is 1. The number of H-pyrrole nitrogens is 1. The number of aliphatic hydroxyl groups excluding tert-OH is 1. The zero-order chi connectivity index (χ0) is 16.7. The fraction of sp³-hybridized carbons (Fsp3) is 0.556. The maximum absolute atomic E-state index is 14.1. The largest absolute Gasteiger partial charge is 0.469 e. The van der Waals surface area contributed by atoms with E-state index in [1.54, 1.807) is 0 Å². The number of aliphatic hydroxyl groups is 1. The van der Waals surface area contributed by atoms with Gasteiger partial charge < -0.3 is 25.4 Å². The van der Waals surface area contributed by atoms with Crippen LogP contribution in [0.15, 0.2) is 15.7 Å². The molecule has 124 valence electrons. The van der Waals surface area contributed by atoms with E-state index in [4.69, 9.17) is 20.3 Å². The van der Waals surface area contributed by atoms with E-state index in [2.05, 4.69) is 4.52 Å². The molecule has 0 aromatic carbocycles. The lowest BCUT2D eigenvalue weighted by Crippen LogP contribution is -2.37. The van der Waals surface area contributed by atoms with Crippen LogP contribution in [0, 0.1) is 0 Å². The van der Waals surface area contributed by atoms with Crippen LogP contribution in [0.1, 0.15) is 6.23 Å². The predicted octanol–water partition coefficient (Wildman–Crippen LogP) is -2.18. The van der Waals surface area contributed by atoms with Crippen molar-refractivity contribution >= 4 is 13.6 Å². The summed E-state index contributed by atoms with van der Waals surface area (Å²) in [6.07, 6.45) is -7.05. The maximum Gasteiger partial charge on any atom is 0.469 e. The van der Waals surface area contributed by atoms with Crippen molar-refractivity contribution in [3.8, 4) is 0 Å². The quantitative estimate of drug-likeness (QED) is 0.381. The Morgan fingerprint density at radius 3 is 2.68 bits per heavy atom. The molecule has 6 N–H and O–H groups in total. The Morgan fingerprint density at radius 1 is 1.50 bits per heavy atom. The lowest BCUT2D eigenvalue weighted by Gasteiger charge is -2.18. The molecule has 0 saturated carbocycles. The Bertz CT molecular complexity index is 714. The van der Waals surface area contributed by atoms with Crippen molar-refractivity contribution in [1.82, 2.24) is 9.55 Å². The van der Waals surface area contributed by atoms with E-state index in [0.29, 0.717) is 4.57 Å². The molecule has 2 rings (SSSR count). The summed E-state index contributed by atoms with van der Waals surface area (Å²) in [5, 5.41) is 9.66. The second-order valence-electron chi connectivity index (χ2n) is 4.52. The number of ether oxygens (including phenoxy) is 1. The van der Waals surface area contributed by atoms with E-state index < -0.39 is 56.1 Å². The maximum atomic E-state index is 14.1. The SMILES string of the molecule is Nc1cc(=O)[nH]c(=O)n1[C@@H]1O[C@H](COP(=O)(O)O)[C@@H](O)[C@H]1F. The third-order valence-electron chi connectivity index (χ3n) is 2.96. The van der Waals surface area contributed by atoms with Crippen LogP contribution in [0.3, 0.4) is 0 Å². The Hall–Kier alpha value is -1.56. The van der Waals surface area contributed by atoms with Gasteiger partial charge in [0.1, 0.15) is 18.0 Å². The summed E-state index contributed by atoms with van der Waals surface area (Å²) in [6, 6.07) is 0.823. The van der Waals surface area contributed by atoms with E-state index in [0.717, 1.165) is 6.07 Å². The highest BCUT2D eigenvalue weighted by molar-refractivity contribution is 7.46. The number of phosphoric ester groups is 1. The van der Waals surface area contributed by atoms with Gasteiger partial charge in [-0.1, -0.05) is 0 Å². The number of rotatable bonds is 4. The molecule has 22 heavy (non-hydrogen) atoms. The van der Waals surface area contributed by atoms with Crippen LogP contribution in [-0.4, -0.2) is 49.4 Å². The molecular formula is C9H13FN3O8P. The van der Waals surface area contributed by atoms with Crippen molar-refractivity contribution in [1.29, 1.82) is 0 Å². The molecule has 0 spiro atoms. The number of nitrogen functional groups attached to an aromatic ring is 1. The molecule has 0 aliphatic carbocycles. The van der Waals surface area contributed by atoms with Crippen molar-refractivity contribution in [2.45, 2.75) is 24.6 Å². The molecule has 0 amide bonds. The first kappa shape index (κ1) is 16.8. The lowest BCUT2D eigenvalue weighted by atomic mass is 10.1. The van der Waals surface area contributed by atoms with Crippen molar-refractivity contribution in [2.24, 2.45) is 0 Å². The molecule has 0 unspecified atom stereocenters. The highest BCUT2D eigenvalue weighted by atomic mass is 31.2. The van der Waals surface area contributed by atoms with Gasteiger partial charge in [0.2, 0.25) is 0 Å². The van der Waals surface area contributed by atoms with Crippen LogP contribution >= 0.6 is 7.82 Å². The van der Waals surface area contributed by atoms with Gasteiger partial charge in [-0.2, -0.15) is 0 Å². The molecule has 2 heterocycles. The average Bonchev–Trinajstić information content (AvgIpc) is 2.63. The highest BCUT2D eigenvalue weighted by Gasteiger charge is 2.46. The number of phosphoric acid groups is 1. The molecule has 13 heteroatoms. The van der Waals surface area contributed by atoms with Gasteiger partial charge in [-0.15, -0.1) is 0 Å².